The molecule has 10 heteroatoms. The van der Waals surface area contributed by atoms with Gasteiger partial charge in [0.25, 0.3) is 0 Å². The highest BCUT2D eigenvalue weighted by molar-refractivity contribution is 7.19. The molecule has 4 aromatic rings. The maximum Gasteiger partial charge on any atom is 0.197 e. The molecular formula is C27H38N8OS. The molecule has 0 unspecified atom stereocenters. The van der Waals surface area contributed by atoms with Crippen molar-refractivity contribution in [2.75, 3.05) is 44.7 Å². The van der Waals surface area contributed by atoms with Gasteiger partial charge in [0.1, 0.15) is 22.0 Å². The number of aryl methyl sites for hydroxylation is 1. The molecule has 0 atom stereocenters. The second-order valence-corrected chi connectivity index (χ2v) is 11.2. The van der Waals surface area contributed by atoms with Crippen molar-refractivity contribution in [2.45, 2.75) is 53.4 Å². The normalized spacial score (nSPS) is 15.0. The third-order valence-corrected chi connectivity index (χ3v) is 8.76. The fourth-order valence-corrected chi connectivity index (χ4v) is 6.43. The lowest BCUT2D eigenvalue weighted by molar-refractivity contribution is 0.213. The summed E-state index contributed by atoms with van der Waals surface area (Å²) in [5, 5.41) is 14.6. The van der Waals surface area contributed by atoms with Crippen LogP contribution < -0.4 is 9.64 Å². The minimum Gasteiger partial charge on any atom is -0.493 e. The van der Waals surface area contributed by atoms with Crippen LogP contribution in [0.2, 0.25) is 0 Å². The smallest absolute Gasteiger partial charge is 0.197 e. The molecule has 0 aliphatic carbocycles. The summed E-state index contributed by atoms with van der Waals surface area (Å²) in [6, 6.07) is 1.99. The topological polar surface area (TPSA) is 87.5 Å². The number of aromatic amines is 1. The summed E-state index contributed by atoms with van der Waals surface area (Å²) in [6.07, 6.45) is 6.03. The number of H-pyrrole nitrogens is 1. The maximum atomic E-state index is 5.59. The highest BCUT2D eigenvalue weighted by Crippen LogP contribution is 2.41. The molecule has 9 nitrogen and oxygen atoms in total. The lowest BCUT2D eigenvalue weighted by Gasteiger charge is -2.36. The fourth-order valence-electron chi connectivity index (χ4n) is 5.31. The first-order valence-corrected chi connectivity index (χ1v) is 14.2. The van der Waals surface area contributed by atoms with Crippen molar-refractivity contribution >= 4 is 22.0 Å². The van der Waals surface area contributed by atoms with Crippen molar-refractivity contribution in [2.24, 2.45) is 5.92 Å². The Morgan fingerprint density at radius 1 is 1.14 bits per heavy atom. The molecule has 0 saturated carbocycles. The van der Waals surface area contributed by atoms with Crippen molar-refractivity contribution in [1.29, 1.82) is 0 Å². The summed E-state index contributed by atoms with van der Waals surface area (Å²) in [6.45, 7) is 16.7. The average molecular weight is 523 g/mol. The van der Waals surface area contributed by atoms with Gasteiger partial charge in [-0.3, -0.25) is 10.00 Å². The zero-order chi connectivity index (χ0) is 26.1. The molecule has 37 heavy (non-hydrogen) atoms. The highest BCUT2D eigenvalue weighted by atomic mass is 32.1. The van der Waals surface area contributed by atoms with Crippen LogP contribution in [-0.4, -0.2) is 74.5 Å². The molecule has 0 amide bonds. The monoisotopic (exact) mass is 522 g/mol. The van der Waals surface area contributed by atoms with Crippen molar-refractivity contribution in [3.8, 4) is 27.7 Å². The van der Waals surface area contributed by atoms with Crippen molar-refractivity contribution in [1.82, 2.24) is 34.7 Å². The number of nitrogens with one attached hydrogen (secondary N) is 1. The molecule has 0 spiro atoms. The van der Waals surface area contributed by atoms with Gasteiger partial charge in [0.2, 0.25) is 0 Å². The Kier molecular flexibility index (Phi) is 7.48. The van der Waals surface area contributed by atoms with Crippen LogP contribution in [0.5, 0.6) is 5.75 Å². The van der Waals surface area contributed by atoms with Crippen LogP contribution >= 0.6 is 11.3 Å². The number of anilines is 1. The van der Waals surface area contributed by atoms with E-state index >= 15 is 0 Å². The largest absolute Gasteiger partial charge is 0.493 e. The summed E-state index contributed by atoms with van der Waals surface area (Å²) >= 11 is 1.76. The Bertz CT molecular complexity index is 1340. The van der Waals surface area contributed by atoms with E-state index in [0.29, 0.717) is 11.4 Å². The molecule has 1 N–H and O–H groups in total. The third kappa shape index (κ3) is 4.96. The van der Waals surface area contributed by atoms with E-state index in [2.05, 4.69) is 59.6 Å². The Morgan fingerprint density at radius 3 is 2.57 bits per heavy atom. The Labute approximate surface area is 222 Å². The molecule has 1 aliphatic heterocycles. The van der Waals surface area contributed by atoms with Gasteiger partial charge in [-0.15, -0.1) is 0 Å². The van der Waals surface area contributed by atoms with Crippen LogP contribution in [0.25, 0.3) is 27.6 Å². The molecule has 1 aliphatic rings. The second-order valence-electron chi connectivity index (χ2n) is 10.2. The van der Waals surface area contributed by atoms with Crippen LogP contribution in [0.4, 0.5) is 5.00 Å². The molecule has 1 saturated heterocycles. The van der Waals surface area contributed by atoms with Crippen molar-refractivity contribution < 1.29 is 4.74 Å². The third-order valence-electron chi connectivity index (χ3n) is 7.54. The summed E-state index contributed by atoms with van der Waals surface area (Å²) < 4.78 is 7.33. The van der Waals surface area contributed by atoms with Crippen LogP contribution in [-0.2, 0) is 0 Å². The van der Waals surface area contributed by atoms with E-state index in [9.17, 15) is 0 Å². The fraction of sp³-hybridized carbons (Fsp3) is 0.556. The average Bonchev–Trinajstić information content (AvgIpc) is 3.64. The second kappa shape index (κ2) is 10.8. The van der Waals surface area contributed by atoms with Crippen LogP contribution in [0.15, 0.2) is 18.6 Å². The lowest BCUT2D eigenvalue weighted by Crippen LogP contribution is -2.47. The number of ether oxygens (including phenoxy) is 1. The number of methoxy groups -OCH3 is 1. The first-order chi connectivity index (χ1) is 17.9. The Hall–Kier alpha value is -2.98. The lowest BCUT2D eigenvalue weighted by atomic mass is 9.97. The number of hydrogen-bond acceptors (Lipinski definition) is 8. The number of thiazole rings is 1. The Balaban J connectivity index is 1.42. The molecular weight excluding hydrogens is 484 g/mol. The maximum absolute atomic E-state index is 5.59. The molecule has 0 radical (unpaired) electrons. The number of piperazine rings is 1. The predicted octanol–water partition coefficient (Wildman–Crippen LogP) is 5.24. The number of aromatic nitrogens is 6. The van der Waals surface area contributed by atoms with Gasteiger partial charge in [-0.2, -0.15) is 10.2 Å². The minimum atomic E-state index is 0.252. The molecule has 1 fully saturated rings. The molecule has 198 valence electrons. The summed E-state index contributed by atoms with van der Waals surface area (Å²) in [5.41, 5.74) is 5.77. The van der Waals surface area contributed by atoms with Gasteiger partial charge >= 0.3 is 0 Å². The van der Waals surface area contributed by atoms with Crippen molar-refractivity contribution in [3.63, 3.8) is 0 Å². The summed E-state index contributed by atoms with van der Waals surface area (Å²) in [5.74, 6) is 1.73. The summed E-state index contributed by atoms with van der Waals surface area (Å²) in [7, 11) is 1.65. The first kappa shape index (κ1) is 25.7. The molecule has 5 rings (SSSR count). The van der Waals surface area contributed by atoms with E-state index in [1.54, 1.807) is 23.0 Å². The molecule has 4 aromatic heterocycles. The zero-order valence-corrected chi connectivity index (χ0v) is 23.6. The molecule has 0 aromatic carbocycles. The van der Waals surface area contributed by atoms with E-state index in [4.69, 9.17) is 14.8 Å². The number of nitrogens with zero attached hydrogens (tertiary/aromatic N) is 7. The number of pyridine rings is 1. The predicted molar refractivity (Wildman–Crippen MR) is 150 cm³/mol. The van der Waals surface area contributed by atoms with Gasteiger partial charge in [0.05, 0.1) is 18.5 Å². The van der Waals surface area contributed by atoms with Gasteiger partial charge in [0, 0.05) is 50.0 Å². The van der Waals surface area contributed by atoms with Gasteiger partial charge in [-0.05, 0) is 24.8 Å². The molecule has 5 heterocycles. The van der Waals surface area contributed by atoms with Gasteiger partial charge in [-0.25, -0.2) is 14.5 Å². The van der Waals surface area contributed by atoms with Crippen molar-refractivity contribution in [3.05, 3.63) is 29.8 Å². The highest BCUT2D eigenvalue weighted by Gasteiger charge is 2.26. The van der Waals surface area contributed by atoms with Crippen LogP contribution in [0.3, 0.4) is 0 Å². The van der Waals surface area contributed by atoms with E-state index in [1.807, 2.05) is 12.3 Å². The summed E-state index contributed by atoms with van der Waals surface area (Å²) in [4.78, 5) is 14.4. The van der Waals surface area contributed by atoms with E-state index < -0.39 is 0 Å². The van der Waals surface area contributed by atoms with E-state index in [1.165, 1.54) is 30.7 Å². The van der Waals surface area contributed by atoms with Crippen LogP contribution in [0.1, 0.15) is 57.7 Å². The molecule has 0 bridgehead atoms. The van der Waals surface area contributed by atoms with E-state index in [-0.39, 0.29) is 5.92 Å². The Morgan fingerprint density at radius 2 is 1.89 bits per heavy atom. The number of rotatable bonds is 9. The SMILES string of the molecule is CCC(CC)CN1CCN(c2sc(-c3n[nH]c(-c4cc(OC)c5ncnn5c4)c3C(C)C)nc2C)CC1. The quantitative estimate of drug-likeness (QED) is 0.322. The van der Waals surface area contributed by atoms with Gasteiger partial charge < -0.3 is 9.64 Å². The number of fused-ring (bicyclic) bond motifs is 1. The zero-order valence-electron chi connectivity index (χ0n) is 22.8. The van der Waals surface area contributed by atoms with E-state index in [0.717, 1.165) is 65.3 Å². The first-order valence-electron chi connectivity index (χ1n) is 13.3. The van der Waals surface area contributed by atoms with Gasteiger partial charge in [0.15, 0.2) is 11.4 Å². The standard InChI is InChI=1S/C27H38N8OS/c1-7-19(8-2)14-33-9-11-34(12-10-33)27-18(5)30-26(37-27)24-22(17(3)4)23(31-32-24)20-13-21(36-6)25-28-16-29-35(25)15-20/h13,15-17,19H,7-12,14H2,1-6H3,(H,31,32). The van der Waals surface area contributed by atoms with Crippen LogP contribution in [0, 0.1) is 12.8 Å². The van der Waals surface area contributed by atoms with Gasteiger partial charge in [-0.1, -0.05) is 51.9 Å². The minimum absolute atomic E-state index is 0.252. The number of hydrogen-bond donors (Lipinski definition) is 1.